The van der Waals surface area contributed by atoms with E-state index >= 15 is 0 Å². The quantitative estimate of drug-likeness (QED) is 0.738. The summed E-state index contributed by atoms with van der Waals surface area (Å²) in [4.78, 5) is 0. The van der Waals surface area contributed by atoms with Gasteiger partial charge in [0.2, 0.25) is 0 Å². The molecule has 2 aromatic heterocycles. The molecule has 19 heavy (non-hydrogen) atoms. The Morgan fingerprint density at radius 2 is 2.21 bits per heavy atom. The third-order valence-electron chi connectivity index (χ3n) is 2.72. The summed E-state index contributed by atoms with van der Waals surface area (Å²) in [6, 6.07) is 7.40. The van der Waals surface area contributed by atoms with Crippen molar-refractivity contribution < 1.29 is 4.74 Å². The third kappa shape index (κ3) is 1.93. The van der Waals surface area contributed by atoms with Gasteiger partial charge < -0.3 is 10.5 Å². The van der Waals surface area contributed by atoms with Gasteiger partial charge in [0.25, 0.3) is 0 Å². The first-order chi connectivity index (χ1) is 9.31. The Bertz CT molecular complexity index is 692. The molecule has 6 nitrogen and oxygen atoms in total. The summed E-state index contributed by atoms with van der Waals surface area (Å²) in [5.74, 6) is 1.21. The van der Waals surface area contributed by atoms with E-state index in [4.69, 9.17) is 10.5 Å². The Labute approximate surface area is 113 Å². The second-order valence-corrected chi connectivity index (χ2v) is 4.60. The molecule has 0 saturated carbocycles. The minimum Gasteiger partial charge on any atom is -0.496 e. The first-order valence-electron chi connectivity index (χ1n) is 5.55. The van der Waals surface area contributed by atoms with Crippen LogP contribution in [0.15, 0.2) is 35.0 Å². The molecule has 2 N–H and O–H groups in total. The van der Waals surface area contributed by atoms with Gasteiger partial charge in [-0.25, -0.2) is 0 Å². The zero-order valence-corrected chi connectivity index (χ0v) is 11.0. The Hall–Kier alpha value is -2.41. The number of aromatic nitrogens is 4. The standard InChI is InChI=1S/C12H11N5OS/c1-18-10-4-2-3-9(13)11(10)12-14-15-16-17(12)8-5-6-19-7-8/h2-7H,13H2,1H3. The first kappa shape index (κ1) is 11.7. The fraction of sp³-hybridized carbons (Fsp3) is 0.0833. The molecule has 1 aromatic carbocycles. The van der Waals surface area contributed by atoms with E-state index in [1.165, 1.54) is 0 Å². The number of rotatable bonds is 3. The van der Waals surface area contributed by atoms with Crippen LogP contribution in [-0.4, -0.2) is 27.3 Å². The topological polar surface area (TPSA) is 78.8 Å². The predicted octanol–water partition coefficient (Wildman–Crippen LogP) is 1.98. The number of nitrogens with zero attached hydrogens (tertiary/aromatic N) is 4. The summed E-state index contributed by atoms with van der Waals surface area (Å²) < 4.78 is 6.98. The molecule has 0 saturated heterocycles. The second kappa shape index (κ2) is 4.69. The maximum atomic E-state index is 6.02. The molecule has 3 aromatic rings. The smallest absolute Gasteiger partial charge is 0.192 e. The lowest BCUT2D eigenvalue weighted by molar-refractivity contribution is 0.416. The van der Waals surface area contributed by atoms with Gasteiger partial charge in [0.1, 0.15) is 5.75 Å². The molecule has 0 radical (unpaired) electrons. The second-order valence-electron chi connectivity index (χ2n) is 3.82. The Balaban J connectivity index is 2.22. The van der Waals surface area contributed by atoms with Gasteiger partial charge >= 0.3 is 0 Å². The summed E-state index contributed by atoms with van der Waals surface area (Å²) in [6.45, 7) is 0. The molecule has 0 spiro atoms. The predicted molar refractivity (Wildman–Crippen MR) is 73.4 cm³/mol. The van der Waals surface area contributed by atoms with E-state index in [9.17, 15) is 0 Å². The maximum Gasteiger partial charge on any atom is 0.192 e. The van der Waals surface area contributed by atoms with Crippen LogP contribution in [0.5, 0.6) is 5.75 Å². The van der Waals surface area contributed by atoms with Crippen LogP contribution in [-0.2, 0) is 0 Å². The van der Waals surface area contributed by atoms with Crippen molar-refractivity contribution >= 4 is 17.0 Å². The van der Waals surface area contributed by atoms with E-state index in [1.54, 1.807) is 29.2 Å². The molecule has 0 fully saturated rings. The molecule has 0 atom stereocenters. The number of ether oxygens (including phenoxy) is 1. The van der Waals surface area contributed by atoms with Gasteiger partial charge in [0, 0.05) is 11.1 Å². The molecule has 3 rings (SSSR count). The molecular formula is C12H11N5OS. The number of nitrogen functional groups attached to an aromatic ring is 1. The van der Waals surface area contributed by atoms with E-state index < -0.39 is 0 Å². The summed E-state index contributed by atoms with van der Waals surface area (Å²) in [5, 5.41) is 15.7. The van der Waals surface area contributed by atoms with Crippen LogP contribution >= 0.6 is 11.3 Å². The van der Waals surface area contributed by atoms with E-state index in [1.807, 2.05) is 29.0 Å². The van der Waals surface area contributed by atoms with Crippen LogP contribution < -0.4 is 10.5 Å². The zero-order valence-electron chi connectivity index (χ0n) is 10.1. The van der Waals surface area contributed by atoms with Crippen LogP contribution in [0.25, 0.3) is 17.1 Å². The van der Waals surface area contributed by atoms with Gasteiger partial charge in [-0.2, -0.15) is 16.0 Å². The normalized spacial score (nSPS) is 10.6. The molecule has 0 aliphatic heterocycles. The molecule has 96 valence electrons. The number of hydrogen-bond donors (Lipinski definition) is 1. The highest BCUT2D eigenvalue weighted by atomic mass is 32.1. The lowest BCUT2D eigenvalue weighted by Crippen LogP contribution is -2.02. The number of methoxy groups -OCH3 is 1. The van der Waals surface area contributed by atoms with Crippen LogP contribution in [0.1, 0.15) is 0 Å². The highest BCUT2D eigenvalue weighted by Crippen LogP contribution is 2.34. The monoisotopic (exact) mass is 273 g/mol. The molecule has 0 aliphatic carbocycles. The molecule has 2 heterocycles. The fourth-order valence-electron chi connectivity index (χ4n) is 1.85. The average molecular weight is 273 g/mol. The minimum absolute atomic E-state index is 0.563. The van der Waals surface area contributed by atoms with Gasteiger partial charge in [-0.3, -0.25) is 0 Å². The average Bonchev–Trinajstić information content (AvgIpc) is 3.08. The molecule has 0 amide bonds. The van der Waals surface area contributed by atoms with Crippen molar-refractivity contribution in [1.29, 1.82) is 0 Å². The minimum atomic E-state index is 0.563. The largest absolute Gasteiger partial charge is 0.496 e. The van der Waals surface area contributed by atoms with Gasteiger partial charge in [0.05, 0.1) is 18.4 Å². The van der Waals surface area contributed by atoms with Crippen molar-refractivity contribution in [2.75, 3.05) is 12.8 Å². The zero-order chi connectivity index (χ0) is 13.2. The molecule has 7 heteroatoms. The van der Waals surface area contributed by atoms with Crippen LogP contribution in [0.4, 0.5) is 5.69 Å². The SMILES string of the molecule is COc1cccc(N)c1-c1nnnn1-c1ccsc1. The van der Waals surface area contributed by atoms with Gasteiger partial charge in [-0.1, -0.05) is 6.07 Å². The van der Waals surface area contributed by atoms with E-state index in [2.05, 4.69) is 15.5 Å². The highest BCUT2D eigenvalue weighted by molar-refractivity contribution is 7.08. The fourth-order valence-corrected chi connectivity index (χ4v) is 2.47. The molecule has 0 unspecified atom stereocenters. The number of anilines is 1. The molecular weight excluding hydrogens is 262 g/mol. The maximum absolute atomic E-state index is 6.02. The molecule has 0 bridgehead atoms. The van der Waals surface area contributed by atoms with Crippen molar-refractivity contribution in [2.45, 2.75) is 0 Å². The van der Waals surface area contributed by atoms with E-state index in [-0.39, 0.29) is 0 Å². The summed E-state index contributed by atoms with van der Waals surface area (Å²) in [6.07, 6.45) is 0. The van der Waals surface area contributed by atoms with Crippen LogP contribution in [0.2, 0.25) is 0 Å². The van der Waals surface area contributed by atoms with Crippen molar-refractivity contribution in [1.82, 2.24) is 20.2 Å². The van der Waals surface area contributed by atoms with Crippen molar-refractivity contribution in [3.05, 3.63) is 35.0 Å². The third-order valence-corrected chi connectivity index (χ3v) is 3.39. The van der Waals surface area contributed by atoms with Crippen molar-refractivity contribution in [3.8, 4) is 22.8 Å². The summed E-state index contributed by atoms with van der Waals surface area (Å²) >= 11 is 1.58. The lowest BCUT2D eigenvalue weighted by Gasteiger charge is -2.10. The summed E-state index contributed by atoms with van der Waals surface area (Å²) in [5.41, 5.74) is 8.19. The number of hydrogen-bond acceptors (Lipinski definition) is 6. The number of benzene rings is 1. The van der Waals surface area contributed by atoms with Gasteiger partial charge in [-0.15, -0.1) is 5.10 Å². The Morgan fingerprint density at radius 1 is 1.32 bits per heavy atom. The number of tetrazole rings is 1. The lowest BCUT2D eigenvalue weighted by atomic mass is 10.1. The van der Waals surface area contributed by atoms with Crippen LogP contribution in [0.3, 0.4) is 0 Å². The van der Waals surface area contributed by atoms with Gasteiger partial charge in [-0.05, 0) is 34.0 Å². The van der Waals surface area contributed by atoms with Crippen molar-refractivity contribution in [3.63, 3.8) is 0 Å². The first-order valence-corrected chi connectivity index (χ1v) is 6.49. The Kier molecular flexibility index (Phi) is 2.88. The number of thiophene rings is 1. The summed E-state index contributed by atoms with van der Waals surface area (Å²) in [7, 11) is 1.59. The van der Waals surface area contributed by atoms with E-state index in [0.717, 1.165) is 5.69 Å². The molecule has 0 aliphatic rings. The van der Waals surface area contributed by atoms with Crippen molar-refractivity contribution in [2.24, 2.45) is 0 Å². The van der Waals surface area contributed by atoms with Crippen LogP contribution in [0, 0.1) is 0 Å². The number of nitrogens with two attached hydrogens (primary N) is 1. The highest BCUT2D eigenvalue weighted by Gasteiger charge is 2.18. The van der Waals surface area contributed by atoms with Gasteiger partial charge in [0.15, 0.2) is 5.82 Å². The van der Waals surface area contributed by atoms with E-state index in [0.29, 0.717) is 22.8 Å². The Morgan fingerprint density at radius 3 is 2.95 bits per heavy atom.